The van der Waals surface area contributed by atoms with E-state index < -0.39 is 32.5 Å². The van der Waals surface area contributed by atoms with Gasteiger partial charge in [0.15, 0.2) is 6.10 Å². The number of carbonyl (C=O) groups excluding carboxylic acids is 2. The third-order valence-corrected chi connectivity index (χ3v) is 14.9. The Hall–Kier alpha value is -3.85. The quantitative estimate of drug-likeness (QED) is 0.0195. The normalized spacial score (nSPS) is 14.0. The van der Waals surface area contributed by atoms with Gasteiger partial charge in [0.2, 0.25) is 0 Å². The van der Waals surface area contributed by atoms with Crippen LogP contribution in [0.25, 0.3) is 0 Å². The molecule has 2 unspecified atom stereocenters. The van der Waals surface area contributed by atoms with Crippen LogP contribution < -0.4 is 4.89 Å². The fraction of sp³-hybridized carbons (Fsp3) is 0.671. The summed E-state index contributed by atoms with van der Waals surface area (Å²) < 4.78 is 34.2. The van der Waals surface area contributed by atoms with Crippen LogP contribution in [-0.4, -0.2) is 70.0 Å². The Balaban J connectivity index is 4.20. The van der Waals surface area contributed by atoms with E-state index in [2.05, 4.69) is 148 Å². The number of allylic oxidation sites excluding steroid dienone is 22. The lowest BCUT2D eigenvalue weighted by atomic mass is 10.0. The summed E-state index contributed by atoms with van der Waals surface area (Å²) in [6.07, 6.45) is 90.9. The number of ether oxygens (including phenoxy) is 2. The van der Waals surface area contributed by atoms with Crippen LogP contribution in [0.4, 0.5) is 0 Å². The predicted octanol–water partition coefficient (Wildman–Crippen LogP) is 21.0. The summed E-state index contributed by atoms with van der Waals surface area (Å²) in [5, 5.41) is 0. The number of phosphoric ester groups is 1. The minimum atomic E-state index is -4.66. The highest BCUT2D eigenvalue weighted by Gasteiger charge is 2.22. The maximum Gasteiger partial charge on any atom is 0.306 e. The number of hydrogen-bond donors (Lipinski definition) is 0. The van der Waals surface area contributed by atoms with Crippen molar-refractivity contribution in [3.05, 3.63) is 134 Å². The Labute approximate surface area is 511 Å². The van der Waals surface area contributed by atoms with Crippen LogP contribution in [0.2, 0.25) is 0 Å². The predicted molar refractivity (Wildman–Crippen MR) is 355 cm³/mol. The van der Waals surface area contributed by atoms with Gasteiger partial charge in [0, 0.05) is 12.8 Å². The maximum absolute atomic E-state index is 12.8. The second-order valence-corrected chi connectivity index (χ2v) is 24.5. The molecule has 0 rings (SSSR count). The molecule has 0 fully saturated rings. The summed E-state index contributed by atoms with van der Waals surface area (Å²) in [4.78, 5) is 38.0. The number of quaternary nitrogens is 1. The third kappa shape index (κ3) is 67.2. The Morgan fingerprint density at radius 3 is 1.02 bits per heavy atom. The van der Waals surface area contributed by atoms with E-state index in [0.717, 1.165) is 109 Å². The van der Waals surface area contributed by atoms with Gasteiger partial charge in [-0.1, -0.05) is 289 Å². The van der Waals surface area contributed by atoms with Gasteiger partial charge >= 0.3 is 11.9 Å². The summed E-state index contributed by atoms with van der Waals surface area (Å²) in [5.74, 6) is -0.872. The first kappa shape index (κ1) is 79.2. The summed E-state index contributed by atoms with van der Waals surface area (Å²) in [6, 6.07) is 0. The minimum Gasteiger partial charge on any atom is -0.756 e. The molecule has 0 radical (unpaired) electrons. The van der Waals surface area contributed by atoms with Gasteiger partial charge in [-0.3, -0.25) is 14.2 Å². The van der Waals surface area contributed by atoms with E-state index in [0.29, 0.717) is 17.4 Å². The lowest BCUT2D eigenvalue weighted by Crippen LogP contribution is -2.37. The van der Waals surface area contributed by atoms with Gasteiger partial charge in [0.25, 0.3) is 7.82 Å². The molecule has 10 heteroatoms. The number of esters is 2. The Bertz CT molecular complexity index is 1860. The van der Waals surface area contributed by atoms with E-state index >= 15 is 0 Å². The number of nitrogens with zero attached hydrogens (tertiary/aromatic N) is 1. The third-order valence-electron chi connectivity index (χ3n) is 13.9. The first-order valence-corrected chi connectivity index (χ1v) is 34.9. The van der Waals surface area contributed by atoms with Crippen LogP contribution in [0, 0.1) is 0 Å². The zero-order valence-corrected chi connectivity index (χ0v) is 54.7. The number of carbonyl (C=O) groups is 2. The van der Waals surface area contributed by atoms with Crippen LogP contribution in [0.1, 0.15) is 264 Å². The standard InChI is InChI=1S/C73H124NO8P/c1-6-8-10-12-14-16-18-20-22-24-26-28-30-31-32-33-34-35-36-37-38-39-40-41-42-43-44-46-48-50-52-54-56-58-60-62-64-66-73(76)82-71(70-81-83(77,78)80-68-67-74(3,4)5)69-79-72(75)65-63-61-59-57-55-53-51-49-47-45-29-27-25-23-21-19-17-15-13-11-9-7-2/h8,10,14,16,20,22,26,28,31-32,34-35,37-38,40-41,43-44,48,50,54,56,71H,6-7,9,11-13,15,17-19,21,23-25,27,29-30,33,36,39,42,45-47,49,51-53,55,57-70H2,1-5H3/b10-8-,16-14-,22-20-,28-26-,32-31-,35-34-,38-37-,41-40-,44-43-,50-48-,56-54-. The molecule has 0 aromatic carbocycles. The molecular formula is C73H124NO8P. The Kier molecular flexibility index (Phi) is 59.8. The fourth-order valence-electron chi connectivity index (χ4n) is 8.84. The molecule has 0 spiro atoms. The molecule has 2 atom stereocenters. The highest BCUT2D eigenvalue weighted by Crippen LogP contribution is 2.38. The van der Waals surface area contributed by atoms with Crippen LogP contribution in [0.15, 0.2) is 134 Å². The number of rotatable bonds is 60. The molecule has 474 valence electrons. The second kappa shape index (κ2) is 62.7. The molecule has 9 nitrogen and oxygen atoms in total. The van der Waals surface area contributed by atoms with Gasteiger partial charge < -0.3 is 27.9 Å². The van der Waals surface area contributed by atoms with E-state index in [1.165, 1.54) is 122 Å². The first-order valence-electron chi connectivity index (χ1n) is 33.4. The van der Waals surface area contributed by atoms with Crippen molar-refractivity contribution in [2.75, 3.05) is 47.5 Å². The highest BCUT2D eigenvalue weighted by atomic mass is 31.2. The van der Waals surface area contributed by atoms with Crippen molar-refractivity contribution in [1.29, 1.82) is 0 Å². The molecular weight excluding hydrogens is 1050 g/mol. The van der Waals surface area contributed by atoms with E-state index in [4.69, 9.17) is 18.5 Å². The lowest BCUT2D eigenvalue weighted by Gasteiger charge is -2.28. The molecule has 0 aliphatic carbocycles. The van der Waals surface area contributed by atoms with Gasteiger partial charge in [-0.05, 0) is 96.3 Å². The zero-order valence-electron chi connectivity index (χ0n) is 53.8. The number of likely N-dealkylation sites (N-methyl/N-ethyl adjacent to an activating group) is 1. The number of unbranched alkanes of at least 4 members (excludes halogenated alkanes) is 24. The van der Waals surface area contributed by atoms with E-state index in [-0.39, 0.29) is 26.1 Å². The zero-order chi connectivity index (χ0) is 60.5. The average Bonchev–Trinajstić information content (AvgIpc) is 3.49. The number of hydrogen-bond acceptors (Lipinski definition) is 8. The molecule has 0 N–H and O–H groups in total. The molecule has 0 saturated heterocycles. The molecule has 0 saturated carbocycles. The Morgan fingerprint density at radius 1 is 0.386 bits per heavy atom. The second-order valence-electron chi connectivity index (χ2n) is 23.1. The van der Waals surface area contributed by atoms with Crippen LogP contribution >= 0.6 is 7.82 Å². The van der Waals surface area contributed by atoms with Gasteiger partial charge in [-0.25, -0.2) is 0 Å². The van der Waals surface area contributed by atoms with Gasteiger partial charge in [0.05, 0.1) is 27.7 Å². The summed E-state index contributed by atoms with van der Waals surface area (Å²) >= 11 is 0. The topological polar surface area (TPSA) is 111 Å². The van der Waals surface area contributed by atoms with Gasteiger partial charge in [-0.15, -0.1) is 0 Å². The van der Waals surface area contributed by atoms with Crippen molar-refractivity contribution in [2.24, 2.45) is 0 Å². The molecule has 0 aliphatic rings. The minimum absolute atomic E-state index is 0.0431. The molecule has 0 bridgehead atoms. The molecule has 0 aromatic rings. The van der Waals surface area contributed by atoms with Crippen LogP contribution in [-0.2, 0) is 32.7 Å². The van der Waals surface area contributed by atoms with Crippen LogP contribution in [0.5, 0.6) is 0 Å². The summed E-state index contributed by atoms with van der Waals surface area (Å²) in [7, 11) is 1.13. The van der Waals surface area contributed by atoms with E-state index in [1.54, 1.807) is 0 Å². The fourth-order valence-corrected chi connectivity index (χ4v) is 9.57. The smallest absolute Gasteiger partial charge is 0.306 e. The largest absolute Gasteiger partial charge is 0.756 e. The van der Waals surface area contributed by atoms with E-state index in [1.807, 2.05) is 21.1 Å². The van der Waals surface area contributed by atoms with Crippen molar-refractivity contribution in [3.8, 4) is 0 Å². The summed E-state index contributed by atoms with van der Waals surface area (Å²) in [5.41, 5.74) is 0. The lowest BCUT2D eigenvalue weighted by molar-refractivity contribution is -0.870. The molecule has 0 aromatic heterocycles. The molecule has 0 heterocycles. The monoisotopic (exact) mass is 1170 g/mol. The van der Waals surface area contributed by atoms with Crippen molar-refractivity contribution in [1.82, 2.24) is 0 Å². The molecule has 83 heavy (non-hydrogen) atoms. The maximum atomic E-state index is 12.8. The van der Waals surface area contributed by atoms with E-state index in [9.17, 15) is 19.0 Å². The molecule has 0 amide bonds. The van der Waals surface area contributed by atoms with Crippen molar-refractivity contribution >= 4 is 19.8 Å². The molecule has 0 aliphatic heterocycles. The van der Waals surface area contributed by atoms with Crippen LogP contribution in [0.3, 0.4) is 0 Å². The first-order chi connectivity index (χ1) is 40.5. The number of phosphoric acid groups is 1. The van der Waals surface area contributed by atoms with Crippen molar-refractivity contribution in [2.45, 2.75) is 270 Å². The van der Waals surface area contributed by atoms with Gasteiger partial charge in [-0.2, -0.15) is 0 Å². The SMILES string of the molecule is CC/C=C\C/C=C\C/C=C\C/C=C\C/C=C\C/C=C\C/C=C\C/C=C\C/C=C\C/C=C\C/C=C\CCCCCC(=O)OC(COC(=O)CCCCCCCCCCCCCCCCCCCCCCCC)COP(=O)([O-])OCC[N+](C)(C)C. The average molecular weight is 1170 g/mol. The van der Waals surface area contributed by atoms with Crippen molar-refractivity contribution in [3.63, 3.8) is 0 Å². The Morgan fingerprint density at radius 2 is 0.687 bits per heavy atom. The van der Waals surface area contributed by atoms with Crippen molar-refractivity contribution < 1.29 is 42.1 Å². The van der Waals surface area contributed by atoms with Gasteiger partial charge in [0.1, 0.15) is 19.8 Å². The highest BCUT2D eigenvalue weighted by molar-refractivity contribution is 7.45. The summed E-state index contributed by atoms with van der Waals surface area (Å²) in [6.45, 7) is 4.10.